The fourth-order valence-electron chi connectivity index (χ4n) is 1.49. The van der Waals surface area contributed by atoms with Gasteiger partial charge >= 0.3 is 6.09 Å². The summed E-state index contributed by atoms with van der Waals surface area (Å²) in [5.74, 6) is 0.772. The van der Waals surface area contributed by atoms with Crippen molar-refractivity contribution < 1.29 is 14.3 Å². The van der Waals surface area contributed by atoms with E-state index in [1.807, 2.05) is 24.3 Å². The first-order chi connectivity index (χ1) is 9.28. The van der Waals surface area contributed by atoms with E-state index in [-0.39, 0.29) is 6.61 Å². The number of nitrogens with one attached hydrogen (secondary N) is 1. The third-order valence-electron chi connectivity index (χ3n) is 2.49. The van der Waals surface area contributed by atoms with E-state index in [0.29, 0.717) is 5.69 Å². The lowest BCUT2D eigenvalue weighted by Gasteiger charge is -2.07. The molecular formula is C15H14NO3. The Bertz CT molecular complexity index is 523. The van der Waals surface area contributed by atoms with Gasteiger partial charge in [-0.2, -0.15) is 0 Å². The Morgan fingerprint density at radius 3 is 2.47 bits per heavy atom. The van der Waals surface area contributed by atoms with Crippen molar-refractivity contribution in [3.63, 3.8) is 0 Å². The largest absolute Gasteiger partial charge is 0.497 e. The maximum atomic E-state index is 11.5. The summed E-state index contributed by atoms with van der Waals surface area (Å²) in [6.07, 6.45) is -0.484. The van der Waals surface area contributed by atoms with Gasteiger partial charge in [0.05, 0.1) is 7.11 Å². The highest BCUT2D eigenvalue weighted by molar-refractivity contribution is 5.84. The van der Waals surface area contributed by atoms with Crippen molar-refractivity contribution in [2.45, 2.75) is 6.61 Å². The van der Waals surface area contributed by atoms with Gasteiger partial charge in [0.15, 0.2) is 0 Å². The predicted octanol–water partition coefficient (Wildman–Crippen LogP) is 3.24. The summed E-state index contributed by atoms with van der Waals surface area (Å²) in [4.78, 5) is 11.5. The minimum Gasteiger partial charge on any atom is -0.497 e. The van der Waals surface area contributed by atoms with Crippen LogP contribution in [-0.2, 0) is 11.3 Å². The molecule has 4 nitrogen and oxygen atoms in total. The number of carbonyl (C=O) groups is 1. The Morgan fingerprint density at radius 2 is 1.84 bits per heavy atom. The number of anilines is 1. The van der Waals surface area contributed by atoms with Crippen LogP contribution in [0.3, 0.4) is 0 Å². The van der Waals surface area contributed by atoms with Crippen molar-refractivity contribution in [3.05, 3.63) is 60.2 Å². The monoisotopic (exact) mass is 256 g/mol. The first-order valence-electron chi connectivity index (χ1n) is 5.81. The second-order valence-corrected chi connectivity index (χ2v) is 3.84. The van der Waals surface area contributed by atoms with Gasteiger partial charge in [-0.15, -0.1) is 0 Å². The first kappa shape index (κ1) is 13.0. The molecule has 0 aromatic heterocycles. The molecule has 0 bridgehead atoms. The van der Waals surface area contributed by atoms with Crippen molar-refractivity contribution in [1.82, 2.24) is 0 Å². The molecule has 1 amide bonds. The van der Waals surface area contributed by atoms with Gasteiger partial charge in [0.1, 0.15) is 12.4 Å². The van der Waals surface area contributed by atoms with E-state index >= 15 is 0 Å². The Morgan fingerprint density at radius 1 is 1.16 bits per heavy atom. The average molecular weight is 256 g/mol. The maximum Gasteiger partial charge on any atom is 0.411 e. The zero-order valence-electron chi connectivity index (χ0n) is 10.6. The molecule has 0 aliphatic heterocycles. The molecule has 0 spiro atoms. The van der Waals surface area contributed by atoms with Crippen LogP contribution in [0.2, 0.25) is 0 Å². The topological polar surface area (TPSA) is 47.6 Å². The highest BCUT2D eigenvalue weighted by atomic mass is 16.5. The highest BCUT2D eigenvalue weighted by Crippen LogP contribution is 2.12. The fourth-order valence-corrected chi connectivity index (χ4v) is 1.49. The van der Waals surface area contributed by atoms with E-state index < -0.39 is 6.09 Å². The van der Waals surface area contributed by atoms with Gasteiger partial charge < -0.3 is 9.47 Å². The van der Waals surface area contributed by atoms with Gasteiger partial charge in [-0.1, -0.05) is 24.3 Å². The van der Waals surface area contributed by atoms with E-state index in [1.54, 1.807) is 31.4 Å². The third kappa shape index (κ3) is 4.03. The highest BCUT2D eigenvalue weighted by Gasteiger charge is 2.03. The summed E-state index contributed by atoms with van der Waals surface area (Å²) < 4.78 is 10.2. The number of hydrogen-bond donors (Lipinski definition) is 1. The fraction of sp³-hybridized carbons (Fsp3) is 0.133. The first-order valence-corrected chi connectivity index (χ1v) is 5.81. The van der Waals surface area contributed by atoms with Crippen LogP contribution in [0.1, 0.15) is 5.56 Å². The molecule has 0 atom stereocenters. The molecule has 2 aromatic rings. The van der Waals surface area contributed by atoms with E-state index in [4.69, 9.17) is 9.47 Å². The lowest BCUT2D eigenvalue weighted by molar-refractivity contribution is 0.155. The molecule has 97 valence electrons. The summed E-state index contributed by atoms with van der Waals surface area (Å²) in [5.41, 5.74) is 1.58. The number of ether oxygens (including phenoxy) is 2. The molecule has 0 saturated heterocycles. The quantitative estimate of drug-likeness (QED) is 0.913. The minimum atomic E-state index is -0.484. The lowest BCUT2D eigenvalue weighted by Crippen LogP contribution is -2.13. The Kier molecular flexibility index (Phi) is 4.39. The second kappa shape index (κ2) is 6.44. The molecule has 0 heterocycles. The number of hydrogen-bond acceptors (Lipinski definition) is 3. The van der Waals surface area contributed by atoms with Crippen molar-refractivity contribution in [2.75, 3.05) is 12.4 Å². The van der Waals surface area contributed by atoms with Gasteiger partial charge in [0.25, 0.3) is 0 Å². The zero-order valence-corrected chi connectivity index (χ0v) is 10.6. The van der Waals surface area contributed by atoms with Crippen LogP contribution in [-0.4, -0.2) is 13.2 Å². The summed E-state index contributed by atoms with van der Waals surface area (Å²) in [6, 6.07) is 17.2. The normalized spacial score (nSPS) is 9.74. The number of amides is 1. The third-order valence-corrected chi connectivity index (χ3v) is 2.49. The summed E-state index contributed by atoms with van der Waals surface area (Å²) in [7, 11) is 1.61. The minimum absolute atomic E-state index is 0.217. The number of methoxy groups -OCH3 is 1. The molecule has 19 heavy (non-hydrogen) atoms. The summed E-state index contributed by atoms with van der Waals surface area (Å²) in [6.45, 7) is 0.217. The molecule has 0 aliphatic carbocycles. The second-order valence-electron chi connectivity index (χ2n) is 3.84. The molecule has 0 unspecified atom stereocenters. The number of benzene rings is 2. The Balaban J connectivity index is 1.83. The molecule has 1 radical (unpaired) electrons. The Labute approximate surface area is 112 Å². The molecule has 2 aromatic carbocycles. The standard InChI is InChI=1S/C15H14NO3/c1-18-14-9-7-12(8-10-14)11-19-15(17)16-13-5-3-2-4-6-13/h3-10H,11H2,1H3,(H,16,17). The van der Waals surface area contributed by atoms with Gasteiger partial charge in [-0.3, -0.25) is 5.32 Å². The molecule has 1 N–H and O–H groups in total. The van der Waals surface area contributed by atoms with Crippen molar-refractivity contribution >= 4 is 11.8 Å². The molecule has 0 saturated carbocycles. The lowest BCUT2D eigenvalue weighted by atomic mass is 10.2. The van der Waals surface area contributed by atoms with Crippen LogP contribution in [0.15, 0.2) is 48.5 Å². The predicted molar refractivity (Wildman–Crippen MR) is 72.1 cm³/mol. The van der Waals surface area contributed by atoms with Crippen LogP contribution in [0.25, 0.3) is 0 Å². The van der Waals surface area contributed by atoms with Crippen molar-refractivity contribution in [2.24, 2.45) is 0 Å². The van der Waals surface area contributed by atoms with E-state index in [1.165, 1.54) is 0 Å². The van der Waals surface area contributed by atoms with Crippen molar-refractivity contribution in [1.29, 1.82) is 0 Å². The summed E-state index contributed by atoms with van der Waals surface area (Å²) >= 11 is 0. The van der Waals surface area contributed by atoms with E-state index in [2.05, 4.69) is 11.4 Å². The molecular weight excluding hydrogens is 242 g/mol. The number of carbonyl (C=O) groups excluding carboxylic acids is 1. The van der Waals surface area contributed by atoms with Crippen LogP contribution in [0.4, 0.5) is 10.5 Å². The number of rotatable bonds is 4. The average Bonchev–Trinajstić information content (AvgIpc) is 2.47. The van der Waals surface area contributed by atoms with Crippen molar-refractivity contribution in [3.8, 4) is 5.75 Å². The Hall–Kier alpha value is -2.49. The smallest absolute Gasteiger partial charge is 0.411 e. The molecule has 0 aliphatic rings. The maximum absolute atomic E-state index is 11.5. The molecule has 4 heteroatoms. The summed E-state index contributed by atoms with van der Waals surface area (Å²) in [5, 5.41) is 2.63. The van der Waals surface area contributed by atoms with Crippen LogP contribution in [0, 0.1) is 6.07 Å². The van der Waals surface area contributed by atoms with E-state index in [0.717, 1.165) is 11.3 Å². The molecule has 2 rings (SSSR count). The van der Waals surface area contributed by atoms with Crippen LogP contribution < -0.4 is 10.1 Å². The zero-order chi connectivity index (χ0) is 13.5. The van der Waals surface area contributed by atoms with Gasteiger partial charge in [0.2, 0.25) is 0 Å². The van der Waals surface area contributed by atoms with Crippen LogP contribution in [0.5, 0.6) is 5.75 Å². The van der Waals surface area contributed by atoms with Gasteiger partial charge in [-0.05, 0) is 35.9 Å². The van der Waals surface area contributed by atoms with E-state index in [9.17, 15) is 4.79 Å². The van der Waals surface area contributed by atoms with Gasteiger partial charge in [0, 0.05) is 5.69 Å². The SMILES string of the molecule is COc1ccc(COC(=O)Nc2cc[c]cc2)cc1. The van der Waals surface area contributed by atoms with Crippen LogP contribution >= 0.6 is 0 Å². The molecule has 0 fully saturated rings. The van der Waals surface area contributed by atoms with Gasteiger partial charge in [-0.25, -0.2) is 4.79 Å².